The number of hydrogen-bond acceptors (Lipinski definition) is 7. The number of thiophene rings is 1. The third-order valence-electron chi connectivity index (χ3n) is 7.55. The molecular weight excluding hydrogens is 502 g/mol. The Morgan fingerprint density at radius 2 is 1.81 bits per heavy atom. The van der Waals surface area contributed by atoms with E-state index < -0.39 is 5.54 Å². The molecule has 1 saturated heterocycles. The van der Waals surface area contributed by atoms with Crippen molar-refractivity contribution in [3.05, 3.63) is 74.8 Å². The van der Waals surface area contributed by atoms with Gasteiger partial charge in [0.05, 0.1) is 5.71 Å². The maximum atomic E-state index is 6.25. The Morgan fingerprint density at radius 3 is 2.51 bits per heavy atom. The molecule has 0 radical (unpaired) electrons. The molecule has 9 heteroatoms. The van der Waals surface area contributed by atoms with Crippen LogP contribution in [0.2, 0.25) is 5.02 Å². The zero-order chi connectivity index (χ0) is 26.3. The quantitative estimate of drug-likeness (QED) is 0.473. The van der Waals surface area contributed by atoms with Crippen molar-refractivity contribution in [2.75, 3.05) is 46.3 Å². The van der Waals surface area contributed by atoms with E-state index in [4.69, 9.17) is 16.6 Å². The topological polar surface area (TPSA) is 61.6 Å². The lowest BCUT2D eigenvalue weighted by Crippen LogP contribution is -2.46. The van der Waals surface area contributed by atoms with E-state index in [9.17, 15) is 0 Å². The molecule has 3 aromatic rings. The number of aryl methyl sites for hydroxylation is 2. The normalized spacial score (nSPS) is 20.2. The van der Waals surface area contributed by atoms with Gasteiger partial charge >= 0.3 is 0 Å². The number of fused-ring (bicyclic) bond motifs is 3. The summed E-state index contributed by atoms with van der Waals surface area (Å²) in [5, 5.41) is 14.6. The number of halogens is 1. The van der Waals surface area contributed by atoms with E-state index in [0.29, 0.717) is 11.4 Å². The molecule has 196 valence electrons. The summed E-state index contributed by atoms with van der Waals surface area (Å²) in [5.74, 6) is 1.71. The maximum Gasteiger partial charge on any atom is 0.166 e. The van der Waals surface area contributed by atoms with Crippen LogP contribution >= 0.6 is 22.9 Å². The molecule has 1 fully saturated rings. The number of benzene rings is 1. The van der Waals surface area contributed by atoms with E-state index in [-0.39, 0.29) is 0 Å². The number of aromatic nitrogens is 3. The lowest BCUT2D eigenvalue weighted by Gasteiger charge is -2.32. The summed E-state index contributed by atoms with van der Waals surface area (Å²) < 4.78 is 2.20. The molecule has 2 aromatic heterocycles. The second kappa shape index (κ2) is 10.3. The highest BCUT2D eigenvalue weighted by molar-refractivity contribution is 7.15. The van der Waals surface area contributed by atoms with Gasteiger partial charge in [-0.1, -0.05) is 30.3 Å². The van der Waals surface area contributed by atoms with Gasteiger partial charge in [-0.05, 0) is 52.4 Å². The third kappa shape index (κ3) is 5.12. The average Bonchev–Trinajstić information content (AvgIpc) is 3.35. The molecular formula is C28H36ClN7S. The molecule has 1 atom stereocenters. The largest absolute Gasteiger partial charge is 0.387 e. The summed E-state index contributed by atoms with van der Waals surface area (Å²) in [5.41, 5.74) is 4.70. The molecule has 1 unspecified atom stereocenters. The predicted molar refractivity (Wildman–Crippen MR) is 154 cm³/mol. The predicted octanol–water partition coefficient (Wildman–Crippen LogP) is 4.71. The molecule has 0 spiro atoms. The Balaban J connectivity index is 1.48. The highest BCUT2D eigenvalue weighted by atomic mass is 35.5. The number of nitrogens with zero attached hydrogens (tertiary/aromatic N) is 6. The fraction of sp³-hybridized carbons (Fsp3) is 0.464. The lowest BCUT2D eigenvalue weighted by atomic mass is 9.94. The summed E-state index contributed by atoms with van der Waals surface area (Å²) in [4.78, 5) is 11.6. The van der Waals surface area contributed by atoms with Crippen molar-refractivity contribution in [1.82, 2.24) is 29.9 Å². The molecule has 5 rings (SSSR count). The van der Waals surface area contributed by atoms with Crippen LogP contribution in [0.15, 0.2) is 41.5 Å². The van der Waals surface area contributed by atoms with Gasteiger partial charge in [-0.2, -0.15) is 0 Å². The van der Waals surface area contributed by atoms with Crippen molar-refractivity contribution >= 4 is 28.6 Å². The van der Waals surface area contributed by atoms with Crippen LogP contribution in [0.1, 0.15) is 46.6 Å². The Bertz CT molecular complexity index is 1330. The van der Waals surface area contributed by atoms with Crippen molar-refractivity contribution in [2.24, 2.45) is 4.99 Å². The molecule has 4 heterocycles. The first-order valence-corrected chi connectivity index (χ1v) is 14.1. The first-order chi connectivity index (χ1) is 17.7. The van der Waals surface area contributed by atoms with Crippen LogP contribution in [-0.2, 0) is 5.54 Å². The Kier molecular flexibility index (Phi) is 7.29. The molecule has 0 amide bonds. The second-order valence-corrected chi connectivity index (χ2v) is 12.1. The molecule has 7 nitrogen and oxygen atoms in total. The smallest absolute Gasteiger partial charge is 0.166 e. The zero-order valence-electron chi connectivity index (χ0n) is 22.4. The van der Waals surface area contributed by atoms with E-state index in [2.05, 4.69) is 76.4 Å². The minimum atomic E-state index is -0.646. The summed E-state index contributed by atoms with van der Waals surface area (Å²) in [6, 6.07) is 7.97. The number of likely N-dealkylation sites (N-methyl/N-ethyl adjacent to an activating group) is 1. The number of aliphatic imine (C=N–C) groups is 1. The fourth-order valence-electron chi connectivity index (χ4n) is 5.23. The van der Waals surface area contributed by atoms with Crippen LogP contribution in [0, 0.1) is 20.8 Å². The molecule has 1 N–H and O–H groups in total. The van der Waals surface area contributed by atoms with Crippen molar-refractivity contribution in [3.63, 3.8) is 0 Å². The van der Waals surface area contributed by atoms with E-state index in [0.717, 1.165) is 78.5 Å². The standard InChI is InChI=1S/C28H36ClN7S/c1-18(30-11-12-35-15-13-34(6)14-16-35)17-28(5)27-33-32-21(4)36(27)26-24(19(2)20(3)37-26)25(31-28)22-7-9-23(29)10-8-22/h7-10,30H,1,11-17H2,2-6H3. The third-order valence-corrected chi connectivity index (χ3v) is 8.99. The molecule has 2 aliphatic rings. The molecule has 0 aliphatic carbocycles. The van der Waals surface area contributed by atoms with Crippen LogP contribution in [-0.4, -0.2) is 76.6 Å². The lowest BCUT2D eigenvalue weighted by molar-refractivity contribution is 0.155. The van der Waals surface area contributed by atoms with Gasteiger partial charge in [0.1, 0.15) is 16.4 Å². The Labute approximate surface area is 228 Å². The van der Waals surface area contributed by atoms with Crippen LogP contribution < -0.4 is 5.32 Å². The summed E-state index contributed by atoms with van der Waals surface area (Å²) in [6.07, 6.45) is 0.623. The van der Waals surface area contributed by atoms with Gasteiger partial charge in [-0.25, -0.2) is 0 Å². The van der Waals surface area contributed by atoms with Crippen molar-refractivity contribution in [1.29, 1.82) is 0 Å². The second-order valence-electron chi connectivity index (χ2n) is 10.5. The van der Waals surface area contributed by atoms with Gasteiger partial charge in [0, 0.05) is 72.4 Å². The van der Waals surface area contributed by atoms with Gasteiger partial charge < -0.3 is 10.2 Å². The Hall–Kier alpha value is -2.52. The van der Waals surface area contributed by atoms with Crippen molar-refractivity contribution in [2.45, 2.75) is 39.7 Å². The average molecular weight is 538 g/mol. The molecule has 0 bridgehead atoms. The fourth-order valence-corrected chi connectivity index (χ4v) is 6.56. The minimum Gasteiger partial charge on any atom is -0.387 e. The highest BCUT2D eigenvalue weighted by Crippen LogP contribution is 2.42. The molecule has 37 heavy (non-hydrogen) atoms. The number of rotatable bonds is 7. The van der Waals surface area contributed by atoms with Gasteiger partial charge in [0.15, 0.2) is 5.82 Å². The van der Waals surface area contributed by atoms with Crippen LogP contribution in [0.5, 0.6) is 0 Å². The van der Waals surface area contributed by atoms with E-state index in [1.165, 1.54) is 10.4 Å². The highest BCUT2D eigenvalue weighted by Gasteiger charge is 2.39. The number of piperazine rings is 1. The van der Waals surface area contributed by atoms with E-state index in [1.54, 1.807) is 11.3 Å². The minimum absolute atomic E-state index is 0.623. The SMILES string of the molecule is C=C(CC1(C)N=C(c2ccc(Cl)cc2)c2c(sc(C)c2C)-n2c(C)nnc21)NCCN1CCN(C)CC1. The van der Waals surface area contributed by atoms with E-state index >= 15 is 0 Å². The molecule has 2 aliphatic heterocycles. The van der Waals surface area contributed by atoms with Crippen molar-refractivity contribution in [3.8, 4) is 5.00 Å². The number of nitrogens with one attached hydrogen (secondary N) is 1. The number of hydrogen-bond donors (Lipinski definition) is 1. The summed E-state index contributed by atoms with van der Waals surface area (Å²) in [7, 11) is 2.19. The monoisotopic (exact) mass is 537 g/mol. The van der Waals surface area contributed by atoms with E-state index in [1.807, 2.05) is 19.1 Å². The summed E-state index contributed by atoms with van der Waals surface area (Å²) >= 11 is 8.02. The van der Waals surface area contributed by atoms with Crippen LogP contribution in [0.3, 0.4) is 0 Å². The maximum absolute atomic E-state index is 6.25. The van der Waals surface area contributed by atoms with Gasteiger partial charge in [0.2, 0.25) is 0 Å². The Morgan fingerprint density at radius 1 is 1.11 bits per heavy atom. The van der Waals surface area contributed by atoms with Crippen LogP contribution in [0.25, 0.3) is 5.00 Å². The molecule has 0 saturated carbocycles. The van der Waals surface area contributed by atoms with Gasteiger partial charge in [0.25, 0.3) is 0 Å². The van der Waals surface area contributed by atoms with Gasteiger partial charge in [-0.15, -0.1) is 21.5 Å². The summed E-state index contributed by atoms with van der Waals surface area (Å²) in [6.45, 7) is 19.2. The zero-order valence-corrected chi connectivity index (χ0v) is 24.0. The van der Waals surface area contributed by atoms with Crippen LogP contribution in [0.4, 0.5) is 0 Å². The first-order valence-electron chi connectivity index (χ1n) is 12.9. The van der Waals surface area contributed by atoms with Gasteiger partial charge in [-0.3, -0.25) is 14.5 Å². The molecule has 1 aromatic carbocycles. The first kappa shape index (κ1) is 26.1. The van der Waals surface area contributed by atoms with Crippen molar-refractivity contribution < 1.29 is 0 Å².